The second kappa shape index (κ2) is 7.90. The number of carboxylic acid groups (broad SMARTS) is 1. The Balaban J connectivity index is 2.61. The molecule has 0 aromatic heterocycles. The fraction of sp³-hybridized carbons (Fsp3) is 0.562. The first-order valence-electron chi connectivity index (χ1n) is 7.10. The van der Waals surface area contributed by atoms with E-state index in [1.807, 2.05) is 52.0 Å². The van der Waals surface area contributed by atoms with Crippen LogP contribution in [0.2, 0.25) is 0 Å². The van der Waals surface area contributed by atoms with Crippen molar-refractivity contribution in [1.82, 2.24) is 5.32 Å². The van der Waals surface area contributed by atoms with Crippen LogP contribution in [-0.2, 0) is 11.3 Å². The van der Waals surface area contributed by atoms with E-state index in [0.29, 0.717) is 18.9 Å². The lowest BCUT2D eigenvalue weighted by Crippen LogP contribution is -2.37. The molecule has 4 nitrogen and oxygen atoms in total. The van der Waals surface area contributed by atoms with E-state index in [0.717, 1.165) is 11.3 Å². The van der Waals surface area contributed by atoms with Crippen molar-refractivity contribution in [1.29, 1.82) is 0 Å². The summed E-state index contributed by atoms with van der Waals surface area (Å²) in [7, 11) is 0. The van der Waals surface area contributed by atoms with Crippen LogP contribution in [0.15, 0.2) is 24.3 Å². The van der Waals surface area contributed by atoms with E-state index >= 15 is 0 Å². The minimum atomic E-state index is -0.798. The molecule has 0 saturated carbocycles. The maximum absolute atomic E-state index is 11.2. The average molecular weight is 279 g/mol. The van der Waals surface area contributed by atoms with Crippen molar-refractivity contribution >= 4 is 5.97 Å². The Morgan fingerprint density at radius 3 is 2.55 bits per heavy atom. The van der Waals surface area contributed by atoms with Crippen molar-refractivity contribution in [3.8, 4) is 5.75 Å². The van der Waals surface area contributed by atoms with Crippen LogP contribution in [0.4, 0.5) is 0 Å². The van der Waals surface area contributed by atoms with Crippen LogP contribution in [0.5, 0.6) is 5.75 Å². The molecule has 0 spiro atoms. The number of carbonyl (C=O) groups is 1. The number of rotatable bonds is 8. The van der Waals surface area contributed by atoms with E-state index < -0.39 is 12.0 Å². The van der Waals surface area contributed by atoms with Gasteiger partial charge in [0.25, 0.3) is 0 Å². The second-order valence-electron chi connectivity index (χ2n) is 5.72. The molecule has 0 saturated heterocycles. The molecular formula is C16H25NO3. The van der Waals surface area contributed by atoms with Crippen molar-refractivity contribution in [3.05, 3.63) is 29.8 Å². The molecule has 4 heteroatoms. The molecule has 1 rings (SSSR count). The predicted octanol–water partition coefficient (Wildman–Crippen LogP) is 3.06. The number of nitrogens with one attached hydrogen (secondary N) is 1. The van der Waals surface area contributed by atoms with E-state index in [1.54, 1.807) is 0 Å². The summed E-state index contributed by atoms with van der Waals surface area (Å²) in [5.41, 5.74) is 1.03. The number of ether oxygens (including phenoxy) is 1. The summed E-state index contributed by atoms with van der Waals surface area (Å²) in [6, 6.07) is 7.24. The highest BCUT2D eigenvalue weighted by atomic mass is 16.5. The summed E-state index contributed by atoms with van der Waals surface area (Å²) in [5, 5.41) is 12.3. The fourth-order valence-electron chi connectivity index (χ4n) is 1.98. The third kappa shape index (κ3) is 6.06. The van der Waals surface area contributed by atoms with Gasteiger partial charge in [-0.25, -0.2) is 0 Å². The molecule has 112 valence electrons. The lowest BCUT2D eigenvalue weighted by molar-refractivity contribution is -0.140. The Bertz CT molecular complexity index is 429. The van der Waals surface area contributed by atoms with Gasteiger partial charge in [-0.1, -0.05) is 26.0 Å². The van der Waals surface area contributed by atoms with Gasteiger partial charge in [0.15, 0.2) is 0 Å². The number of carboxylic acids is 1. The number of aliphatic carboxylic acids is 1. The van der Waals surface area contributed by atoms with E-state index in [1.165, 1.54) is 0 Å². The molecular weight excluding hydrogens is 254 g/mol. The van der Waals surface area contributed by atoms with Crippen LogP contribution in [-0.4, -0.2) is 23.2 Å². The van der Waals surface area contributed by atoms with Gasteiger partial charge in [0.1, 0.15) is 11.8 Å². The second-order valence-corrected chi connectivity index (χ2v) is 5.72. The van der Waals surface area contributed by atoms with Gasteiger partial charge in [0.2, 0.25) is 0 Å². The summed E-state index contributed by atoms with van der Waals surface area (Å²) in [6.07, 6.45) is 0.753. The van der Waals surface area contributed by atoms with Crippen molar-refractivity contribution in [2.75, 3.05) is 0 Å². The van der Waals surface area contributed by atoms with Gasteiger partial charge < -0.3 is 15.2 Å². The minimum Gasteiger partial charge on any atom is -0.491 e. The highest BCUT2D eigenvalue weighted by molar-refractivity contribution is 5.73. The Morgan fingerprint density at radius 1 is 1.30 bits per heavy atom. The number of hydrogen-bond acceptors (Lipinski definition) is 3. The minimum absolute atomic E-state index is 0.130. The Labute approximate surface area is 121 Å². The van der Waals surface area contributed by atoms with Crippen LogP contribution in [0.25, 0.3) is 0 Å². The third-order valence-corrected chi connectivity index (χ3v) is 2.83. The van der Waals surface area contributed by atoms with E-state index in [9.17, 15) is 9.90 Å². The molecule has 1 aromatic rings. The molecule has 20 heavy (non-hydrogen) atoms. The number of benzene rings is 1. The van der Waals surface area contributed by atoms with E-state index in [-0.39, 0.29) is 6.10 Å². The van der Waals surface area contributed by atoms with E-state index in [4.69, 9.17) is 4.74 Å². The van der Waals surface area contributed by atoms with Gasteiger partial charge in [-0.05, 0) is 43.9 Å². The standard InChI is InChI=1S/C16H25NO3/c1-11(2)8-15(16(18)19)17-10-13-6-5-7-14(9-13)20-12(3)4/h5-7,9,11-12,15,17H,8,10H2,1-4H3,(H,18,19)/t15-/m1/s1. The van der Waals surface area contributed by atoms with Gasteiger partial charge in [0, 0.05) is 6.54 Å². The molecule has 0 heterocycles. The molecule has 0 unspecified atom stereocenters. The van der Waals surface area contributed by atoms with Gasteiger partial charge in [-0.3, -0.25) is 4.79 Å². The van der Waals surface area contributed by atoms with Crippen molar-refractivity contribution in [3.63, 3.8) is 0 Å². The van der Waals surface area contributed by atoms with Gasteiger partial charge in [0.05, 0.1) is 6.10 Å². The maximum Gasteiger partial charge on any atom is 0.320 e. The fourth-order valence-corrected chi connectivity index (χ4v) is 1.98. The highest BCUT2D eigenvalue weighted by Crippen LogP contribution is 2.15. The Morgan fingerprint density at radius 2 is 2.00 bits per heavy atom. The summed E-state index contributed by atoms with van der Waals surface area (Å²) in [4.78, 5) is 11.2. The van der Waals surface area contributed by atoms with Gasteiger partial charge in [-0.2, -0.15) is 0 Å². The summed E-state index contributed by atoms with van der Waals surface area (Å²) in [6.45, 7) is 8.53. The molecule has 0 amide bonds. The topological polar surface area (TPSA) is 58.6 Å². The van der Waals surface area contributed by atoms with Gasteiger partial charge in [-0.15, -0.1) is 0 Å². The molecule has 0 fully saturated rings. The largest absolute Gasteiger partial charge is 0.491 e. The van der Waals surface area contributed by atoms with Crippen LogP contribution >= 0.6 is 0 Å². The van der Waals surface area contributed by atoms with Gasteiger partial charge >= 0.3 is 5.97 Å². The summed E-state index contributed by atoms with van der Waals surface area (Å²) >= 11 is 0. The molecule has 1 atom stereocenters. The zero-order valence-electron chi connectivity index (χ0n) is 12.7. The average Bonchev–Trinajstić information content (AvgIpc) is 2.33. The normalized spacial score (nSPS) is 12.7. The third-order valence-electron chi connectivity index (χ3n) is 2.83. The predicted molar refractivity (Wildman–Crippen MR) is 79.9 cm³/mol. The Hall–Kier alpha value is -1.55. The summed E-state index contributed by atoms with van der Waals surface area (Å²) < 4.78 is 5.63. The molecule has 0 bridgehead atoms. The van der Waals surface area contributed by atoms with Crippen LogP contribution in [0, 0.1) is 5.92 Å². The molecule has 0 aliphatic rings. The Kier molecular flexibility index (Phi) is 6.52. The molecule has 2 N–H and O–H groups in total. The van der Waals surface area contributed by atoms with Crippen LogP contribution in [0.3, 0.4) is 0 Å². The first kappa shape index (κ1) is 16.5. The first-order valence-corrected chi connectivity index (χ1v) is 7.10. The smallest absolute Gasteiger partial charge is 0.320 e. The maximum atomic E-state index is 11.2. The molecule has 0 aliphatic heterocycles. The quantitative estimate of drug-likeness (QED) is 0.768. The zero-order valence-corrected chi connectivity index (χ0v) is 12.7. The lowest BCUT2D eigenvalue weighted by Gasteiger charge is -2.17. The molecule has 1 aromatic carbocycles. The lowest BCUT2D eigenvalue weighted by atomic mass is 10.0. The van der Waals surface area contributed by atoms with E-state index in [2.05, 4.69) is 5.32 Å². The van der Waals surface area contributed by atoms with Crippen molar-refractivity contribution in [2.24, 2.45) is 5.92 Å². The highest BCUT2D eigenvalue weighted by Gasteiger charge is 2.17. The van der Waals surface area contributed by atoms with Crippen LogP contribution < -0.4 is 10.1 Å². The summed E-state index contributed by atoms with van der Waals surface area (Å²) in [5.74, 6) is 0.363. The molecule has 0 radical (unpaired) electrons. The number of hydrogen-bond donors (Lipinski definition) is 2. The SMILES string of the molecule is CC(C)C[C@@H](NCc1cccc(OC(C)C)c1)C(=O)O. The first-order chi connectivity index (χ1) is 9.38. The zero-order chi connectivity index (χ0) is 15.1. The van der Waals surface area contributed by atoms with Crippen LogP contribution in [0.1, 0.15) is 39.7 Å². The van der Waals surface area contributed by atoms with Crippen molar-refractivity contribution in [2.45, 2.75) is 52.8 Å². The van der Waals surface area contributed by atoms with Crippen molar-refractivity contribution < 1.29 is 14.6 Å². The molecule has 0 aliphatic carbocycles. The monoisotopic (exact) mass is 279 g/mol.